The highest BCUT2D eigenvalue weighted by molar-refractivity contribution is 9.10. The van der Waals surface area contributed by atoms with Crippen molar-refractivity contribution in [2.24, 2.45) is 0 Å². The molecule has 54 valence electrons. The lowest BCUT2D eigenvalue weighted by atomic mass is 10.2. The van der Waals surface area contributed by atoms with Gasteiger partial charge in [0.15, 0.2) is 5.75 Å². The molecule has 6 heteroatoms. The van der Waals surface area contributed by atoms with Gasteiger partial charge in [0.25, 0.3) is 0 Å². The molecule has 0 aliphatic carbocycles. The van der Waals surface area contributed by atoms with E-state index in [1.807, 2.05) is 0 Å². The second kappa shape index (κ2) is 1.63. The molecule has 2 bridgehead atoms. The molecule has 0 amide bonds. The van der Waals surface area contributed by atoms with Crippen LogP contribution >= 0.6 is 15.9 Å². The number of fused-ring (bicyclic) bond motifs is 1. The van der Waals surface area contributed by atoms with Crippen LogP contribution in [-0.4, -0.2) is 12.3 Å². The van der Waals surface area contributed by atoms with Gasteiger partial charge in [-0.05, 0) is 15.9 Å². The summed E-state index contributed by atoms with van der Waals surface area (Å²) in [6.07, 6.45) is 0. The third-order valence-electron chi connectivity index (χ3n) is 1.52. The topological polar surface area (TPSA) is 40.6 Å². The third-order valence-corrected chi connectivity index (χ3v) is 1.93. The lowest BCUT2D eigenvalue weighted by molar-refractivity contribution is 0.376. The van der Waals surface area contributed by atoms with Gasteiger partial charge in [0, 0.05) is 6.07 Å². The van der Waals surface area contributed by atoms with Gasteiger partial charge in [0.1, 0.15) is 4.60 Å². The molecule has 2 aliphatic heterocycles. The summed E-state index contributed by atoms with van der Waals surface area (Å²) in [5.41, 5.74) is 0. The highest BCUT2D eigenvalue weighted by atomic mass is 79.9. The Labute approximate surface area is 70.8 Å². The molecular formula is C5HBBrNO3. The maximum atomic E-state index is 5.15. The molecule has 0 aromatic carbocycles. The van der Waals surface area contributed by atoms with Gasteiger partial charge >= 0.3 is 7.32 Å². The fourth-order valence-electron chi connectivity index (χ4n) is 1.10. The predicted octanol–water partition coefficient (Wildman–Crippen LogP) is 0.993. The van der Waals surface area contributed by atoms with Crippen molar-refractivity contribution in [1.29, 1.82) is 0 Å². The van der Waals surface area contributed by atoms with Crippen LogP contribution in [0.15, 0.2) is 10.7 Å². The molecule has 2 aliphatic rings. The van der Waals surface area contributed by atoms with Crippen molar-refractivity contribution in [2.75, 3.05) is 0 Å². The van der Waals surface area contributed by atoms with E-state index in [9.17, 15) is 0 Å². The van der Waals surface area contributed by atoms with Crippen molar-refractivity contribution < 1.29 is 14.0 Å². The van der Waals surface area contributed by atoms with Gasteiger partial charge in [-0.3, -0.25) is 0 Å². The fraction of sp³-hybridized carbons (Fsp3) is 0. The van der Waals surface area contributed by atoms with E-state index in [0.29, 0.717) is 22.0 Å². The van der Waals surface area contributed by atoms with Crippen LogP contribution in [0, 0.1) is 0 Å². The zero-order valence-electron chi connectivity index (χ0n) is 5.20. The molecule has 0 saturated heterocycles. The molecule has 1 aromatic heterocycles. The first kappa shape index (κ1) is 5.71. The Kier molecular flexibility index (Phi) is 0.848. The Morgan fingerprint density at radius 1 is 1.36 bits per heavy atom. The number of aromatic nitrogens is 1. The first-order valence-corrected chi connectivity index (χ1v) is 3.83. The van der Waals surface area contributed by atoms with Gasteiger partial charge in [-0.25, -0.2) is 4.98 Å². The molecule has 3 rings (SSSR count). The number of pyridine rings is 1. The zero-order chi connectivity index (χ0) is 7.42. The van der Waals surface area contributed by atoms with E-state index >= 15 is 0 Å². The summed E-state index contributed by atoms with van der Waals surface area (Å²) in [7, 11) is -0.601. The summed E-state index contributed by atoms with van der Waals surface area (Å²) in [5.74, 6) is 1.81. The minimum atomic E-state index is -0.601. The maximum absolute atomic E-state index is 5.15. The number of hydrogen-bond donors (Lipinski definition) is 0. The number of halogens is 1. The standard InChI is InChI=1S/C5HBBrNO3/c7-3-1-2-4-5(8-3)11-6(9-2)10-4/h1H. The highest BCUT2D eigenvalue weighted by Crippen LogP contribution is 2.46. The molecule has 4 nitrogen and oxygen atoms in total. The smallest absolute Gasteiger partial charge is 0.486 e. The first-order valence-electron chi connectivity index (χ1n) is 3.03. The van der Waals surface area contributed by atoms with E-state index in [2.05, 4.69) is 20.9 Å². The molecule has 0 fully saturated rings. The average Bonchev–Trinajstić information content (AvgIpc) is 2.41. The first-order chi connectivity index (χ1) is 5.33. The van der Waals surface area contributed by atoms with Crippen LogP contribution in [0.4, 0.5) is 0 Å². The van der Waals surface area contributed by atoms with Crippen molar-refractivity contribution in [2.45, 2.75) is 0 Å². The summed E-state index contributed by atoms with van der Waals surface area (Å²) in [5, 5.41) is 0. The van der Waals surface area contributed by atoms with Crippen LogP contribution in [-0.2, 0) is 0 Å². The molecule has 11 heavy (non-hydrogen) atoms. The van der Waals surface area contributed by atoms with Crippen LogP contribution in [0.5, 0.6) is 17.4 Å². The Hall–Kier alpha value is -0.905. The molecule has 0 unspecified atom stereocenters. The van der Waals surface area contributed by atoms with Crippen molar-refractivity contribution in [3.05, 3.63) is 10.7 Å². The van der Waals surface area contributed by atoms with E-state index in [4.69, 9.17) is 14.0 Å². The summed E-state index contributed by atoms with van der Waals surface area (Å²) in [6.45, 7) is 0. The number of nitrogens with zero attached hydrogens (tertiary/aromatic N) is 1. The van der Waals surface area contributed by atoms with E-state index in [1.54, 1.807) is 6.07 Å². The Morgan fingerprint density at radius 3 is 3.00 bits per heavy atom. The van der Waals surface area contributed by atoms with Crippen molar-refractivity contribution in [3.63, 3.8) is 0 Å². The summed E-state index contributed by atoms with van der Waals surface area (Å²) in [4.78, 5) is 4.03. The lowest BCUT2D eigenvalue weighted by Gasteiger charge is -2.06. The van der Waals surface area contributed by atoms with Gasteiger partial charge < -0.3 is 14.0 Å². The molecule has 0 radical (unpaired) electrons. The molecule has 3 heterocycles. The quantitative estimate of drug-likeness (QED) is 0.476. The van der Waals surface area contributed by atoms with Gasteiger partial charge in [-0.15, -0.1) is 0 Å². The monoisotopic (exact) mass is 213 g/mol. The third kappa shape index (κ3) is 0.624. The summed E-state index contributed by atoms with van der Waals surface area (Å²) >= 11 is 3.21. The van der Waals surface area contributed by atoms with Crippen LogP contribution in [0.2, 0.25) is 0 Å². The van der Waals surface area contributed by atoms with E-state index in [0.717, 1.165) is 0 Å². The maximum Gasteiger partial charge on any atom is 0.865 e. The lowest BCUT2D eigenvalue weighted by Crippen LogP contribution is -2.29. The van der Waals surface area contributed by atoms with Crippen molar-refractivity contribution in [3.8, 4) is 17.4 Å². The zero-order valence-corrected chi connectivity index (χ0v) is 6.79. The van der Waals surface area contributed by atoms with E-state index < -0.39 is 7.32 Å². The second-order valence-corrected chi connectivity index (χ2v) is 3.03. The minimum Gasteiger partial charge on any atom is -0.486 e. The summed E-state index contributed by atoms with van der Waals surface area (Å²) in [6, 6.07) is 1.75. The van der Waals surface area contributed by atoms with Crippen LogP contribution < -0.4 is 14.0 Å². The average molecular weight is 214 g/mol. The van der Waals surface area contributed by atoms with E-state index in [-0.39, 0.29) is 0 Å². The van der Waals surface area contributed by atoms with Crippen LogP contribution in [0.3, 0.4) is 0 Å². The van der Waals surface area contributed by atoms with Gasteiger partial charge in [0.2, 0.25) is 11.6 Å². The number of rotatable bonds is 0. The molecule has 0 spiro atoms. The Balaban J connectivity index is 2.35. The second-order valence-electron chi connectivity index (χ2n) is 2.22. The van der Waals surface area contributed by atoms with Crippen molar-refractivity contribution in [1.82, 2.24) is 4.98 Å². The van der Waals surface area contributed by atoms with Crippen LogP contribution in [0.1, 0.15) is 0 Å². The molecule has 0 N–H and O–H groups in total. The van der Waals surface area contributed by atoms with E-state index in [1.165, 1.54) is 0 Å². The predicted molar refractivity (Wildman–Crippen MR) is 39.6 cm³/mol. The largest absolute Gasteiger partial charge is 0.865 e. The Morgan fingerprint density at radius 2 is 2.27 bits per heavy atom. The SMILES string of the molecule is Brc1cc2c3c(n1)OB(O2)O3. The molecule has 0 saturated carbocycles. The Bertz CT molecular complexity index is 317. The van der Waals surface area contributed by atoms with Crippen LogP contribution in [0.25, 0.3) is 0 Å². The molecular weight excluding hydrogens is 213 g/mol. The van der Waals surface area contributed by atoms with Gasteiger partial charge in [0.05, 0.1) is 0 Å². The fourth-order valence-corrected chi connectivity index (χ4v) is 1.47. The summed E-state index contributed by atoms with van der Waals surface area (Å²) < 4.78 is 16.0. The normalized spacial score (nSPS) is 15.9. The number of hydrogen-bond acceptors (Lipinski definition) is 4. The van der Waals surface area contributed by atoms with Gasteiger partial charge in [-0.2, -0.15) is 0 Å². The van der Waals surface area contributed by atoms with Crippen molar-refractivity contribution >= 4 is 23.3 Å². The minimum absolute atomic E-state index is 0.505. The van der Waals surface area contributed by atoms with Gasteiger partial charge in [-0.1, -0.05) is 0 Å². The molecule has 1 aromatic rings. The molecule has 0 atom stereocenters. The highest BCUT2D eigenvalue weighted by Gasteiger charge is 2.48.